The molecular weight excluding hydrogens is 226 g/mol. The zero-order chi connectivity index (χ0) is 13.2. The minimum atomic E-state index is -0.623. The number of aliphatic carboxylic acids is 1. The van der Waals surface area contributed by atoms with Crippen molar-refractivity contribution >= 4 is 5.97 Å². The summed E-state index contributed by atoms with van der Waals surface area (Å²) in [6.07, 6.45) is 9.31. The van der Waals surface area contributed by atoms with Gasteiger partial charge in [-0.3, -0.25) is 9.69 Å². The van der Waals surface area contributed by atoms with Gasteiger partial charge in [0.2, 0.25) is 0 Å². The molecule has 2 aliphatic rings. The van der Waals surface area contributed by atoms with Crippen molar-refractivity contribution in [2.24, 2.45) is 5.92 Å². The molecule has 0 aromatic rings. The fraction of sp³-hybridized carbons (Fsp3) is 0.933. The first-order valence-electron chi connectivity index (χ1n) is 7.59. The fourth-order valence-corrected chi connectivity index (χ4v) is 3.98. The number of hydrogen-bond acceptors (Lipinski definition) is 2. The van der Waals surface area contributed by atoms with Gasteiger partial charge >= 0.3 is 5.97 Å². The van der Waals surface area contributed by atoms with Crippen LogP contribution < -0.4 is 0 Å². The fourth-order valence-electron chi connectivity index (χ4n) is 3.98. The maximum Gasteiger partial charge on any atom is 0.323 e. The van der Waals surface area contributed by atoms with Crippen LogP contribution in [0.25, 0.3) is 0 Å². The number of likely N-dealkylation sites (tertiary alicyclic amines) is 1. The molecule has 0 amide bonds. The number of carbonyl (C=O) groups is 1. The molecule has 0 aromatic carbocycles. The molecule has 0 radical (unpaired) electrons. The van der Waals surface area contributed by atoms with E-state index in [1.165, 1.54) is 32.1 Å². The third-order valence-corrected chi connectivity index (χ3v) is 5.20. The van der Waals surface area contributed by atoms with Gasteiger partial charge in [-0.1, -0.05) is 26.2 Å². The van der Waals surface area contributed by atoms with Crippen LogP contribution in [0.4, 0.5) is 0 Å². The van der Waals surface area contributed by atoms with Crippen LogP contribution in [-0.4, -0.2) is 34.1 Å². The Bertz CT molecular complexity index is 305. The van der Waals surface area contributed by atoms with Gasteiger partial charge in [0.15, 0.2) is 0 Å². The van der Waals surface area contributed by atoms with Crippen molar-refractivity contribution in [3.63, 3.8) is 0 Å². The number of piperidine rings is 1. The maximum atomic E-state index is 11.7. The van der Waals surface area contributed by atoms with Crippen molar-refractivity contribution in [2.45, 2.75) is 76.8 Å². The predicted molar refractivity (Wildman–Crippen MR) is 72.6 cm³/mol. The highest BCUT2D eigenvalue weighted by Gasteiger charge is 2.46. The second kappa shape index (κ2) is 5.60. The molecule has 1 aliphatic carbocycles. The molecule has 1 saturated heterocycles. The summed E-state index contributed by atoms with van der Waals surface area (Å²) in [4.78, 5) is 14.0. The highest BCUT2D eigenvalue weighted by atomic mass is 16.4. The second-order valence-corrected chi connectivity index (χ2v) is 6.25. The highest BCUT2D eigenvalue weighted by Crippen LogP contribution is 2.38. The van der Waals surface area contributed by atoms with Crippen LogP contribution in [0.2, 0.25) is 0 Å². The van der Waals surface area contributed by atoms with E-state index in [0.29, 0.717) is 12.0 Å². The van der Waals surface area contributed by atoms with Gasteiger partial charge in [-0.25, -0.2) is 0 Å². The standard InChI is InChI=1S/C15H27NO2/c1-3-12-8-4-5-9-13(12)16-11-7-6-10-15(16,2)14(17)18/h12-13H,3-11H2,1-2H3,(H,17,18). The monoisotopic (exact) mass is 253 g/mol. The van der Waals surface area contributed by atoms with Gasteiger partial charge in [-0.15, -0.1) is 0 Å². The number of nitrogens with zero attached hydrogens (tertiary/aromatic N) is 1. The molecular formula is C15H27NO2. The summed E-state index contributed by atoms with van der Waals surface area (Å²) in [6.45, 7) is 5.17. The van der Waals surface area contributed by atoms with Crippen LogP contribution in [-0.2, 0) is 4.79 Å². The van der Waals surface area contributed by atoms with E-state index in [1.807, 2.05) is 6.92 Å². The van der Waals surface area contributed by atoms with E-state index >= 15 is 0 Å². The van der Waals surface area contributed by atoms with E-state index in [9.17, 15) is 9.90 Å². The summed E-state index contributed by atoms with van der Waals surface area (Å²) in [5, 5.41) is 9.62. The van der Waals surface area contributed by atoms with E-state index in [1.54, 1.807) is 0 Å². The molecule has 3 atom stereocenters. The van der Waals surface area contributed by atoms with E-state index in [0.717, 1.165) is 25.8 Å². The molecule has 3 unspecified atom stereocenters. The first-order chi connectivity index (χ1) is 8.59. The van der Waals surface area contributed by atoms with Crippen LogP contribution in [0, 0.1) is 5.92 Å². The third kappa shape index (κ3) is 2.42. The van der Waals surface area contributed by atoms with E-state index in [-0.39, 0.29) is 0 Å². The Kier molecular flexibility index (Phi) is 4.31. The average Bonchev–Trinajstić information content (AvgIpc) is 2.39. The zero-order valence-electron chi connectivity index (χ0n) is 11.8. The lowest BCUT2D eigenvalue weighted by Crippen LogP contribution is -2.60. The molecule has 1 aliphatic heterocycles. The predicted octanol–water partition coefficient (Wildman–Crippen LogP) is 3.28. The Hall–Kier alpha value is -0.570. The van der Waals surface area contributed by atoms with Crippen LogP contribution in [0.1, 0.15) is 65.2 Å². The van der Waals surface area contributed by atoms with Crippen molar-refractivity contribution in [1.29, 1.82) is 0 Å². The lowest BCUT2D eigenvalue weighted by Gasteiger charge is -2.50. The molecule has 3 nitrogen and oxygen atoms in total. The first-order valence-corrected chi connectivity index (χ1v) is 7.59. The summed E-state index contributed by atoms with van der Waals surface area (Å²) in [7, 11) is 0. The normalized spacial score (nSPS) is 38.6. The Morgan fingerprint density at radius 1 is 1.28 bits per heavy atom. The lowest BCUT2D eigenvalue weighted by molar-refractivity contribution is -0.157. The quantitative estimate of drug-likeness (QED) is 0.839. The second-order valence-electron chi connectivity index (χ2n) is 6.25. The Morgan fingerprint density at radius 3 is 2.67 bits per heavy atom. The number of carboxylic acids is 1. The number of rotatable bonds is 3. The van der Waals surface area contributed by atoms with Gasteiger partial charge in [0.05, 0.1) is 0 Å². The molecule has 104 valence electrons. The summed E-state index contributed by atoms with van der Waals surface area (Å²) in [5.41, 5.74) is -0.617. The Balaban J connectivity index is 2.19. The maximum absolute atomic E-state index is 11.7. The molecule has 0 spiro atoms. The molecule has 0 bridgehead atoms. The van der Waals surface area contributed by atoms with E-state index < -0.39 is 11.5 Å². The molecule has 3 heteroatoms. The van der Waals surface area contributed by atoms with Crippen LogP contribution in [0.3, 0.4) is 0 Å². The highest BCUT2D eigenvalue weighted by molar-refractivity contribution is 5.78. The van der Waals surface area contributed by atoms with Gasteiger partial charge in [0.25, 0.3) is 0 Å². The number of hydrogen-bond donors (Lipinski definition) is 1. The largest absolute Gasteiger partial charge is 0.480 e. The molecule has 1 saturated carbocycles. The summed E-state index contributed by atoms with van der Waals surface area (Å²) < 4.78 is 0. The summed E-state index contributed by atoms with van der Waals surface area (Å²) in [6, 6.07) is 0.505. The van der Waals surface area contributed by atoms with Gasteiger partial charge in [0, 0.05) is 6.04 Å². The summed E-state index contributed by atoms with van der Waals surface area (Å²) >= 11 is 0. The van der Waals surface area contributed by atoms with Crippen molar-refractivity contribution in [3.05, 3.63) is 0 Å². The molecule has 2 rings (SSSR count). The van der Waals surface area contributed by atoms with Crippen LogP contribution in [0.15, 0.2) is 0 Å². The number of carboxylic acid groups (broad SMARTS) is 1. The summed E-state index contributed by atoms with van der Waals surface area (Å²) in [5.74, 6) is 0.0816. The Morgan fingerprint density at radius 2 is 2.00 bits per heavy atom. The molecule has 0 aromatic heterocycles. The minimum absolute atomic E-state index is 0.505. The molecule has 1 N–H and O–H groups in total. The van der Waals surface area contributed by atoms with Crippen LogP contribution in [0.5, 0.6) is 0 Å². The lowest BCUT2D eigenvalue weighted by atomic mass is 9.77. The smallest absolute Gasteiger partial charge is 0.323 e. The van der Waals surface area contributed by atoms with Gasteiger partial charge < -0.3 is 5.11 Å². The minimum Gasteiger partial charge on any atom is -0.480 e. The SMILES string of the molecule is CCC1CCCCC1N1CCCCC1(C)C(=O)O. The zero-order valence-corrected chi connectivity index (χ0v) is 11.8. The third-order valence-electron chi connectivity index (χ3n) is 5.20. The van der Waals surface area contributed by atoms with Gasteiger partial charge in [-0.2, -0.15) is 0 Å². The topological polar surface area (TPSA) is 40.5 Å². The van der Waals surface area contributed by atoms with Gasteiger partial charge in [0.1, 0.15) is 5.54 Å². The molecule has 1 heterocycles. The molecule has 18 heavy (non-hydrogen) atoms. The van der Waals surface area contributed by atoms with Crippen molar-refractivity contribution in [3.8, 4) is 0 Å². The van der Waals surface area contributed by atoms with Crippen molar-refractivity contribution in [2.75, 3.05) is 6.54 Å². The van der Waals surface area contributed by atoms with Crippen LogP contribution >= 0.6 is 0 Å². The molecule has 2 fully saturated rings. The van der Waals surface area contributed by atoms with Gasteiger partial charge in [-0.05, 0) is 51.5 Å². The van der Waals surface area contributed by atoms with Crippen molar-refractivity contribution in [1.82, 2.24) is 4.90 Å². The first kappa shape index (κ1) is 13.9. The van der Waals surface area contributed by atoms with E-state index in [2.05, 4.69) is 11.8 Å². The average molecular weight is 253 g/mol. The Labute approximate surface area is 111 Å². The van der Waals surface area contributed by atoms with Crippen molar-refractivity contribution < 1.29 is 9.90 Å². The van der Waals surface area contributed by atoms with E-state index in [4.69, 9.17) is 0 Å².